The molecule has 2 rings (SSSR count). The van der Waals surface area contributed by atoms with Crippen molar-refractivity contribution >= 4 is 15.8 Å². The van der Waals surface area contributed by atoms with E-state index in [0.29, 0.717) is 0 Å². The number of rotatable bonds is 10. The largest absolute Gasteiger partial charge is 0.261 e. The van der Waals surface area contributed by atoms with Gasteiger partial charge in [0.2, 0.25) is 0 Å². The van der Waals surface area contributed by atoms with Gasteiger partial charge >= 0.3 is 0 Å². The van der Waals surface area contributed by atoms with E-state index in [1.54, 1.807) is 0 Å². The molecule has 0 bridgehead atoms. The molecule has 0 saturated carbocycles. The molecule has 0 aliphatic heterocycles. The van der Waals surface area contributed by atoms with Gasteiger partial charge in [0.05, 0.1) is 0 Å². The van der Waals surface area contributed by atoms with Crippen molar-refractivity contribution in [2.75, 3.05) is 38.0 Å². The summed E-state index contributed by atoms with van der Waals surface area (Å²) in [5.74, 6) is 0. The first-order valence-electron chi connectivity index (χ1n) is 8.41. The lowest BCUT2D eigenvalue weighted by molar-refractivity contribution is 1.02. The average molecular weight is 346 g/mol. The third kappa shape index (κ3) is 8.00. The maximum atomic E-state index is 4.42. The second kappa shape index (κ2) is 10.8. The van der Waals surface area contributed by atoms with Gasteiger partial charge in [0.25, 0.3) is 0 Å². The Labute approximate surface area is 143 Å². The summed E-state index contributed by atoms with van der Waals surface area (Å²) in [6, 6.07) is 12.5. The molecule has 2 aromatic heterocycles. The molecule has 2 heterocycles. The first kappa shape index (κ1) is 18.5. The minimum absolute atomic E-state index is 0.170. The van der Waals surface area contributed by atoms with Crippen molar-refractivity contribution in [2.45, 2.75) is 19.3 Å². The van der Waals surface area contributed by atoms with E-state index in [-0.39, 0.29) is 15.8 Å². The second-order valence-electron chi connectivity index (χ2n) is 6.10. The highest BCUT2D eigenvalue weighted by Gasteiger charge is 2.06. The molecule has 23 heavy (non-hydrogen) atoms. The number of hydrogen-bond acceptors (Lipinski definition) is 2. The Morgan fingerprint density at radius 3 is 1.57 bits per heavy atom. The molecule has 0 aromatic carbocycles. The quantitative estimate of drug-likeness (QED) is 0.573. The molecule has 2 nitrogen and oxygen atoms in total. The van der Waals surface area contributed by atoms with Crippen LogP contribution < -0.4 is 0 Å². The molecule has 2 aromatic rings. The molecule has 0 N–H and O–H groups in total. The fraction of sp³-hybridized carbons (Fsp3) is 0.474. The van der Waals surface area contributed by atoms with Crippen LogP contribution in [0.2, 0.25) is 0 Å². The van der Waals surface area contributed by atoms with Gasteiger partial charge < -0.3 is 0 Å². The number of pyridine rings is 2. The molecule has 0 amide bonds. The predicted molar refractivity (Wildman–Crippen MR) is 106 cm³/mol. The summed E-state index contributed by atoms with van der Waals surface area (Å²) < 4.78 is 0. The average Bonchev–Trinajstić information content (AvgIpc) is 2.60. The summed E-state index contributed by atoms with van der Waals surface area (Å²) in [6.45, 7) is 4.90. The van der Waals surface area contributed by atoms with E-state index < -0.39 is 0 Å². The Hall–Kier alpha value is -0.840. The summed E-state index contributed by atoms with van der Waals surface area (Å²) in [4.78, 5) is 8.84. The molecule has 2 unspecified atom stereocenters. The maximum absolute atomic E-state index is 4.42. The van der Waals surface area contributed by atoms with Crippen molar-refractivity contribution in [3.8, 4) is 0 Å². The van der Waals surface area contributed by atoms with Crippen LogP contribution in [0.3, 0.4) is 0 Å². The van der Waals surface area contributed by atoms with Crippen LogP contribution in [0.5, 0.6) is 0 Å². The molecule has 0 radical (unpaired) electrons. The van der Waals surface area contributed by atoms with Gasteiger partial charge in [-0.15, -0.1) is 15.8 Å². The highest BCUT2D eigenvalue weighted by molar-refractivity contribution is 7.57. The van der Waals surface area contributed by atoms with E-state index in [1.807, 2.05) is 24.5 Å². The number of aromatic nitrogens is 2. The fourth-order valence-corrected chi connectivity index (χ4v) is 5.85. The van der Waals surface area contributed by atoms with Gasteiger partial charge in [0, 0.05) is 23.8 Å². The second-order valence-corrected chi connectivity index (χ2v) is 11.3. The topological polar surface area (TPSA) is 25.8 Å². The normalized spacial score (nSPS) is 13.7. The van der Waals surface area contributed by atoms with Crippen LogP contribution in [0.4, 0.5) is 0 Å². The first-order valence-corrected chi connectivity index (χ1v) is 12.7. The van der Waals surface area contributed by atoms with Crippen molar-refractivity contribution in [1.82, 2.24) is 9.97 Å². The highest BCUT2D eigenvalue weighted by Crippen LogP contribution is 2.37. The SMILES string of the molecule is CP(CCCP(C)CCc1ccccn1)CCc1ccccn1. The molecule has 0 spiro atoms. The van der Waals surface area contributed by atoms with Crippen LogP contribution in [0.15, 0.2) is 48.8 Å². The summed E-state index contributed by atoms with van der Waals surface area (Å²) >= 11 is 0. The van der Waals surface area contributed by atoms with Gasteiger partial charge in [-0.05, 0) is 81.5 Å². The Bertz CT molecular complexity index is 484. The first-order chi connectivity index (χ1) is 11.2. The number of aryl methyl sites for hydroxylation is 2. The zero-order valence-corrected chi connectivity index (χ0v) is 16.1. The van der Waals surface area contributed by atoms with Gasteiger partial charge in [-0.25, -0.2) is 0 Å². The van der Waals surface area contributed by atoms with E-state index in [2.05, 4.69) is 47.6 Å². The molecule has 0 aliphatic rings. The monoisotopic (exact) mass is 346 g/mol. The van der Waals surface area contributed by atoms with E-state index in [4.69, 9.17) is 0 Å². The summed E-state index contributed by atoms with van der Waals surface area (Å²) in [5, 5.41) is 0. The molecular weight excluding hydrogens is 318 g/mol. The lowest BCUT2D eigenvalue weighted by Crippen LogP contribution is -1.99. The lowest BCUT2D eigenvalue weighted by atomic mass is 10.3. The van der Waals surface area contributed by atoms with E-state index in [0.717, 1.165) is 12.8 Å². The molecule has 2 atom stereocenters. The van der Waals surface area contributed by atoms with Crippen LogP contribution in [-0.2, 0) is 12.8 Å². The van der Waals surface area contributed by atoms with Gasteiger partial charge in [0.1, 0.15) is 0 Å². The molecule has 4 heteroatoms. The Morgan fingerprint density at radius 1 is 0.696 bits per heavy atom. The van der Waals surface area contributed by atoms with E-state index >= 15 is 0 Å². The van der Waals surface area contributed by atoms with Crippen LogP contribution >= 0.6 is 15.8 Å². The smallest absolute Gasteiger partial charge is 0.0407 e. The van der Waals surface area contributed by atoms with Gasteiger partial charge in [-0.1, -0.05) is 12.1 Å². The molecular formula is C19H28N2P2. The Kier molecular flexibility index (Phi) is 8.72. The third-order valence-electron chi connectivity index (χ3n) is 4.03. The molecule has 0 fully saturated rings. The molecule has 0 aliphatic carbocycles. The highest BCUT2D eigenvalue weighted by atomic mass is 31.1. The minimum Gasteiger partial charge on any atom is -0.261 e. The Morgan fingerprint density at radius 2 is 1.17 bits per heavy atom. The van der Waals surface area contributed by atoms with Crippen molar-refractivity contribution in [3.05, 3.63) is 60.2 Å². The van der Waals surface area contributed by atoms with Crippen LogP contribution in [-0.4, -0.2) is 47.9 Å². The van der Waals surface area contributed by atoms with E-state index in [9.17, 15) is 0 Å². The maximum Gasteiger partial charge on any atom is 0.0407 e. The van der Waals surface area contributed by atoms with Gasteiger partial charge in [-0.3, -0.25) is 9.97 Å². The van der Waals surface area contributed by atoms with Crippen molar-refractivity contribution in [3.63, 3.8) is 0 Å². The minimum atomic E-state index is 0.170. The molecule has 0 saturated heterocycles. The zero-order chi connectivity index (χ0) is 16.3. The van der Waals surface area contributed by atoms with Crippen LogP contribution in [0.25, 0.3) is 0 Å². The third-order valence-corrected chi connectivity index (χ3v) is 8.16. The van der Waals surface area contributed by atoms with E-state index in [1.165, 1.54) is 42.5 Å². The van der Waals surface area contributed by atoms with Crippen molar-refractivity contribution in [2.24, 2.45) is 0 Å². The van der Waals surface area contributed by atoms with Gasteiger partial charge in [0.15, 0.2) is 0 Å². The number of hydrogen-bond donors (Lipinski definition) is 0. The van der Waals surface area contributed by atoms with Crippen molar-refractivity contribution < 1.29 is 0 Å². The summed E-state index contributed by atoms with van der Waals surface area (Å²) in [6.07, 6.45) is 13.0. The van der Waals surface area contributed by atoms with Crippen molar-refractivity contribution in [1.29, 1.82) is 0 Å². The zero-order valence-electron chi connectivity index (χ0n) is 14.4. The standard InChI is InChI=1S/C19H28N2P2/c1-22(16-10-18-8-3-5-12-20-18)14-7-15-23(2)17-11-19-9-4-6-13-21-19/h3-6,8-9,12-13H,7,10-11,14-17H2,1-2H3. The lowest BCUT2D eigenvalue weighted by Gasteiger charge is -2.15. The van der Waals surface area contributed by atoms with Crippen LogP contribution in [0.1, 0.15) is 17.8 Å². The number of nitrogens with zero attached hydrogens (tertiary/aromatic N) is 2. The van der Waals surface area contributed by atoms with Gasteiger partial charge in [-0.2, -0.15) is 0 Å². The van der Waals surface area contributed by atoms with Crippen LogP contribution in [0, 0.1) is 0 Å². The Balaban J connectivity index is 1.55. The fourth-order valence-electron chi connectivity index (χ4n) is 2.54. The molecule has 124 valence electrons. The summed E-state index contributed by atoms with van der Waals surface area (Å²) in [5.41, 5.74) is 2.49. The summed E-state index contributed by atoms with van der Waals surface area (Å²) in [7, 11) is 0.340. The predicted octanol–water partition coefficient (Wildman–Crippen LogP) is 4.88.